The van der Waals surface area contributed by atoms with Gasteiger partial charge in [0.1, 0.15) is 11.2 Å². The topological polar surface area (TPSA) is 56.7 Å². The average Bonchev–Trinajstić information content (AvgIpc) is 3.90. The van der Waals surface area contributed by atoms with Gasteiger partial charge in [-0.25, -0.2) is 4.98 Å². The summed E-state index contributed by atoms with van der Waals surface area (Å²) in [5.74, 6) is 1.75. The van der Waals surface area contributed by atoms with E-state index in [4.69, 9.17) is 19.4 Å². The van der Waals surface area contributed by atoms with E-state index >= 15 is 0 Å². The average molecular weight is 791 g/mol. The molecule has 0 atom stereocenters. The summed E-state index contributed by atoms with van der Waals surface area (Å²) in [4.78, 5) is 16.2. The SMILES string of the molecule is c1ccc(-c2ccc(-c3nc(-c4ccc5ccccc5c4)nc(-n4c5c(-c6ccc7oc8ccccc8c7c6)cccc5c5c6ccccc6c6ccccc6c54)n3)cc2)cc1. The smallest absolute Gasteiger partial charge is 0.238 e. The van der Waals surface area contributed by atoms with Crippen molar-refractivity contribution in [2.24, 2.45) is 0 Å². The number of para-hydroxylation sites is 2. The largest absolute Gasteiger partial charge is 0.456 e. The lowest BCUT2D eigenvalue weighted by molar-refractivity contribution is 0.669. The fraction of sp³-hybridized carbons (Fsp3) is 0. The predicted molar refractivity (Wildman–Crippen MR) is 256 cm³/mol. The van der Waals surface area contributed by atoms with E-state index in [1.807, 2.05) is 18.2 Å². The Morgan fingerprint density at radius 3 is 1.73 bits per heavy atom. The summed E-state index contributed by atoms with van der Waals surface area (Å²) in [7, 11) is 0. The van der Waals surface area contributed by atoms with Gasteiger partial charge < -0.3 is 4.42 Å². The van der Waals surface area contributed by atoms with E-state index < -0.39 is 0 Å². The molecular weight excluding hydrogens is 757 g/mol. The highest BCUT2D eigenvalue weighted by Crippen LogP contribution is 2.45. The quantitative estimate of drug-likeness (QED) is 0.163. The minimum Gasteiger partial charge on any atom is -0.456 e. The maximum atomic E-state index is 6.31. The predicted octanol–water partition coefficient (Wildman–Crippen LogP) is 15.0. The van der Waals surface area contributed by atoms with Crippen molar-refractivity contribution in [3.05, 3.63) is 206 Å². The first-order valence-corrected chi connectivity index (χ1v) is 20.9. The highest BCUT2D eigenvalue weighted by atomic mass is 16.3. The lowest BCUT2D eigenvalue weighted by Gasteiger charge is -2.14. The van der Waals surface area contributed by atoms with Crippen LogP contribution in [-0.2, 0) is 0 Å². The number of nitrogens with zero attached hydrogens (tertiary/aromatic N) is 4. The molecule has 0 aliphatic carbocycles. The Bertz CT molecular complexity index is 3920. The Hall–Kier alpha value is -8.41. The second kappa shape index (κ2) is 13.6. The highest BCUT2D eigenvalue weighted by Gasteiger charge is 2.24. The van der Waals surface area contributed by atoms with Crippen LogP contribution < -0.4 is 0 Å². The highest BCUT2D eigenvalue weighted by molar-refractivity contribution is 6.33. The number of aromatic nitrogens is 4. The van der Waals surface area contributed by atoms with Gasteiger partial charge in [-0.05, 0) is 67.9 Å². The molecule has 0 amide bonds. The number of hydrogen-bond acceptors (Lipinski definition) is 4. The Kier molecular flexibility index (Phi) is 7.54. The molecule has 0 aliphatic rings. The van der Waals surface area contributed by atoms with E-state index in [1.54, 1.807) is 0 Å². The molecule has 5 nitrogen and oxygen atoms in total. The molecule has 0 saturated heterocycles. The van der Waals surface area contributed by atoms with E-state index in [2.05, 4.69) is 193 Å². The molecular formula is C57H34N4O. The van der Waals surface area contributed by atoms with Gasteiger partial charge in [-0.1, -0.05) is 182 Å². The Balaban J connectivity index is 1.15. The second-order valence-corrected chi connectivity index (χ2v) is 15.9. The van der Waals surface area contributed by atoms with Crippen LogP contribution in [0.15, 0.2) is 211 Å². The third-order valence-corrected chi connectivity index (χ3v) is 12.4. The molecule has 5 heteroatoms. The number of hydrogen-bond donors (Lipinski definition) is 0. The maximum absolute atomic E-state index is 6.31. The van der Waals surface area contributed by atoms with E-state index in [0.717, 1.165) is 93.3 Å². The van der Waals surface area contributed by atoms with Gasteiger partial charge in [-0.2, -0.15) is 9.97 Å². The summed E-state index contributed by atoms with van der Waals surface area (Å²) in [5, 5.41) is 11.4. The molecule has 13 rings (SSSR count). The van der Waals surface area contributed by atoms with Gasteiger partial charge in [0.2, 0.25) is 5.95 Å². The van der Waals surface area contributed by atoms with Gasteiger partial charge in [0.15, 0.2) is 11.6 Å². The van der Waals surface area contributed by atoms with Crippen LogP contribution in [0.5, 0.6) is 0 Å². The Morgan fingerprint density at radius 2 is 0.903 bits per heavy atom. The first-order chi connectivity index (χ1) is 30.7. The van der Waals surface area contributed by atoms with Crippen molar-refractivity contribution >= 4 is 76.1 Å². The van der Waals surface area contributed by atoms with Crippen molar-refractivity contribution < 1.29 is 4.42 Å². The lowest BCUT2D eigenvalue weighted by Crippen LogP contribution is -2.07. The molecule has 13 aromatic rings. The third kappa shape index (κ3) is 5.32. The van der Waals surface area contributed by atoms with Gasteiger partial charge in [0, 0.05) is 43.6 Å². The summed E-state index contributed by atoms with van der Waals surface area (Å²) < 4.78 is 8.61. The summed E-state index contributed by atoms with van der Waals surface area (Å²) >= 11 is 0. The summed E-state index contributed by atoms with van der Waals surface area (Å²) in [5.41, 5.74) is 10.1. The van der Waals surface area contributed by atoms with Crippen LogP contribution >= 0.6 is 0 Å². The lowest BCUT2D eigenvalue weighted by atomic mass is 9.95. The van der Waals surface area contributed by atoms with Crippen LogP contribution in [0.4, 0.5) is 0 Å². The molecule has 0 spiro atoms. The van der Waals surface area contributed by atoms with Gasteiger partial charge in [0.25, 0.3) is 0 Å². The summed E-state index contributed by atoms with van der Waals surface area (Å²) in [6.45, 7) is 0. The zero-order valence-corrected chi connectivity index (χ0v) is 33.3. The second-order valence-electron chi connectivity index (χ2n) is 15.9. The van der Waals surface area contributed by atoms with Gasteiger partial charge in [0.05, 0.1) is 11.0 Å². The maximum Gasteiger partial charge on any atom is 0.238 e. The van der Waals surface area contributed by atoms with Crippen molar-refractivity contribution in [1.29, 1.82) is 0 Å². The van der Waals surface area contributed by atoms with E-state index in [-0.39, 0.29) is 0 Å². The van der Waals surface area contributed by atoms with Crippen LogP contribution in [0.2, 0.25) is 0 Å². The number of fused-ring (bicyclic) bond motifs is 12. The Morgan fingerprint density at radius 1 is 0.323 bits per heavy atom. The summed E-state index contributed by atoms with van der Waals surface area (Å²) in [6.07, 6.45) is 0. The monoisotopic (exact) mass is 790 g/mol. The zero-order chi connectivity index (χ0) is 40.7. The van der Waals surface area contributed by atoms with Gasteiger partial charge in [-0.3, -0.25) is 4.57 Å². The molecule has 0 bridgehead atoms. The molecule has 10 aromatic carbocycles. The standard InChI is InChI=1S/C57H34N4O/c1-2-13-35(14-3-1)37-25-28-38(29-26-37)55-58-56(41-30-27-36-15-4-5-16-39(36)33-41)60-57(59-55)61-53-42(40-31-32-51-49(34-40)45-19-10-11-24-50(45)62-51)22-12-23-48(53)52-46-20-8-6-17-43(46)44-18-7-9-21-47(44)54(52)61/h1-34H. The minimum atomic E-state index is 0.549. The van der Waals surface area contributed by atoms with E-state index in [0.29, 0.717) is 17.6 Å². The molecule has 0 fully saturated rings. The first kappa shape index (κ1) is 34.5. The zero-order valence-electron chi connectivity index (χ0n) is 33.3. The molecule has 0 N–H and O–H groups in total. The number of furan rings is 1. The molecule has 0 radical (unpaired) electrons. The first-order valence-electron chi connectivity index (χ1n) is 20.9. The number of rotatable bonds is 5. The normalized spacial score (nSPS) is 11.9. The van der Waals surface area contributed by atoms with Crippen molar-refractivity contribution in [3.8, 4) is 51.0 Å². The third-order valence-electron chi connectivity index (χ3n) is 12.4. The minimum absolute atomic E-state index is 0.549. The Labute approximate surface area is 355 Å². The van der Waals surface area contributed by atoms with E-state index in [9.17, 15) is 0 Å². The van der Waals surface area contributed by atoms with Crippen molar-refractivity contribution in [2.75, 3.05) is 0 Å². The van der Waals surface area contributed by atoms with Crippen molar-refractivity contribution in [3.63, 3.8) is 0 Å². The van der Waals surface area contributed by atoms with Crippen LogP contribution in [0, 0.1) is 0 Å². The van der Waals surface area contributed by atoms with Crippen LogP contribution in [0.1, 0.15) is 0 Å². The molecule has 62 heavy (non-hydrogen) atoms. The van der Waals surface area contributed by atoms with Crippen LogP contribution in [0.25, 0.3) is 127 Å². The molecule has 3 aromatic heterocycles. The van der Waals surface area contributed by atoms with Crippen LogP contribution in [0.3, 0.4) is 0 Å². The number of benzene rings is 10. The van der Waals surface area contributed by atoms with Crippen molar-refractivity contribution in [1.82, 2.24) is 19.5 Å². The molecule has 0 aliphatic heterocycles. The van der Waals surface area contributed by atoms with Crippen LogP contribution in [-0.4, -0.2) is 19.5 Å². The fourth-order valence-corrected chi connectivity index (χ4v) is 9.55. The molecule has 0 unspecified atom stereocenters. The fourth-order valence-electron chi connectivity index (χ4n) is 9.55. The molecule has 288 valence electrons. The van der Waals surface area contributed by atoms with Gasteiger partial charge in [-0.15, -0.1) is 0 Å². The molecule has 0 saturated carbocycles. The van der Waals surface area contributed by atoms with E-state index in [1.165, 1.54) is 16.2 Å². The van der Waals surface area contributed by atoms with Crippen molar-refractivity contribution in [2.45, 2.75) is 0 Å². The summed E-state index contributed by atoms with van der Waals surface area (Å²) in [6, 6.07) is 72.8. The van der Waals surface area contributed by atoms with Gasteiger partial charge >= 0.3 is 0 Å². The molecule has 3 heterocycles.